The lowest BCUT2D eigenvalue weighted by atomic mass is 10.1. The van der Waals surface area contributed by atoms with Gasteiger partial charge in [0.15, 0.2) is 5.96 Å². The first-order valence-corrected chi connectivity index (χ1v) is 11.6. The molecule has 1 aromatic carbocycles. The van der Waals surface area contributed by atoms with E-state index in [4.69, 9.17) is 9.47 Å². The zero-order chi connectivity index (χ0) is 21.3. The van der Waals surface area contributed by atoms with E-state index in [0.717, 1.165) is 24.7 Å². The third-order valence-electron chi connectivity index (χ3n) is 4.79. The Bertz CT molecular complexity index is 742. The summed E-state index contributed by atoms with van der Waals surface area (Å²) >= 11 is 0. The summed E-state index contributed by atoms with van der Waals surface area (Å²) in [5.41, 5.74) is 1.22. The molecule has 0 bridgehead atoms. The van der Waals surface area contributed by atoms with E-state index in [1.54, 1.807) is 18.5 Å². The maximum absolute atomic E-state index is 12.5. The fourth-order valence-corrected chi connectivity index (χ4v) is 4.42. The number of nitrogens with zero attached hydrogens (tertiary/aromatic N) is 3. The molecule has 164 valence electrons. The smallest absolute Gasteiger partial charge is 0.216 e. The number of ether oxygens (including phenoxy) is 2. The van der Waals surface area contributed by atoms with Gasteiger partial charge < -0.3 is 19.7 Å². The summed E-state index contributed by atoms with van der Waals surface area (Å²) in [4.78, 5) is 6.45. The van der Waals surface area contributed by atoms with Gasteiger partial charge in [-0.05, 0) is 38.0 Å². The third kappa shape index (κ3) is 7.49. The molecule has 29 heavy (non-hydrogen) atoms. The second-order valence-corrected chi connectivity index (χ2v) is 9.28. The minimum absolute atomic E-state index is 0.0278. The molecule has 1 aliphatic rings. The number of piperazine rings is 1. The normalized spacial score (nSPS) is 16.3. The highest BCUT2D eigenvalue weighted by molar-refractivity contribution is 7.89. The number of hydrogen-bond donors (Lipinski definition) is 1. The molecule has 2 rings (SSSR count). The van der Waals surface area contributed by atoms with Gasteiger partial charge in [-0.15, -0.1) is 0 Å². The predicted octanol–water partition coefficient (Wildman–Crippen LogP) is 1.19. The quantitative estimate of drug-likeness (QED) is 0.472. The van der Waals surface area contributed by atoms with Crippen LogP contribution in [0.1, 0.15) is 19.4 Å². The van der Waals surface area contributed by atoms with Crippen LogP contribution < -0.4 is 10.1 Å². The van der Waals surface area contributed by atoms with Gasteiger partial charge in [0.2, 0.25) is 10.0 Å². The Morgan fingerprint density at radius 2 is 1.83 bits per heavy atom. The maximum atomic E-state index is 12.5. The van der Waals surface area contributed by atoms with Gasteiger partial charge in [-0.25, -0.2) is 8.42 Å². The lowest BCUT2D eigenvalue weighted by molar-refractivity contribution is 0.0904. The van der Waals surface area contributed by atoms with Gasteiger partial charge in [0.25, 0.3) is 0 Å². The molecule has 1 aromatic rings. The van der Waals surface area contributed by atoms with Crippen molar-refractivity contribution < 1.29 is 17.9 Å². The summed E-state index contributed by atoms with van der Waals surface area (Å²) in [5, 5.41) is 3.37. The molecule has 9 heteroatoms. The van der Waals surface area contributed by atoms with Crippen LogP contribution in [0, 0.1) is 0 Å². The molecule has 1 aliphatic heterocycles. The molecule has 0 aliphatic carbocycles. The highest BCUT2D eigenvalue weighted by Crippen LogP contribution is 2.12. The summed E-state index contributed by atoms with van der Waals surface area (Å²) in [7, 11) is 0.127. The number of methoxy groups -OCH3 is 1. The van der Waals surface area contributed by atoms with Crippen LogP contribution in [0.4, 0.5) is 0 Å². The van der Waals surface area contributed by atoms with Crippen LogP contribution in [0.2, 0.25) is 0 Å². The van der Waals surface area contributed by atoms with Crippen molar-refractivity contribution in [1.82, 2.24) is 14.5 Å². The highest BCUT2D eigenvalue weighted by Gasteiger charge is 2.27. The van der Waals surface area contributed by atoms with Crippen molar-refractivity contribution in [3.05, 3.63) is 29.8 Å². The Balaban J connectivity index is 1.77. The van der Waals surface area contributed by atoms with E-state index < -0.39 is 10.0 Å². The molecule has 0 unspecified atom stereocenters. The molecule has 0 saturated carbocycles. The molecule has 8 nitrogen and oxygen atoms in total. The van der Waals surface area contributed by atoms with E-state index in [1.165, 1.54) is 5.56 Å². The minimum atomic E-state index is -3.28. The molecule has 1 fully saturated rings. The van der Waals surface area contributed by atoms with E-state index >= 15 is 0 Å². The highest BCUT2D eigenvalue weighted by atomic mass is 32.2. The molecule has 0 amide bonds. The van der Waals surface area contributed by atoms with Crippen molar-refractivity contribution >= 4 is 16.0 Å². The Labute approximate surface area is 174 Å². The van der Waals surface area contributed by atoms with Crippen molar-refractivity contribution in [2.45, 2.75) is 26.4 Å². The van der Waals surface area contributed by atoms with Crippen LogP contribution >= 0.6 is 0 Å². The Kier molecular flexibility index (Phi) is 9.19. The molecule has 1 heterocycles. The van der Waals surface area contributed by atoms with Crippen molar-refractivity contribution in [2.24, 2.45) is 4.99 Å². The second-order valence-electron chi connectivity index (χ2n) is 7.19. The third-order valence-corrected chi connectivity index (χ3v) is 6.63. The first-order chi connectivity index (χ1) is 13.9. The zero-order valence-corrected chi connectivity index (χ0v) is 18.7. The average Bonchev–Trinajstić information content (AvgIpc) is 2.71. The van der Waals surface area contributed by atoms with Crippen molar-refractivity contribution in [1.29, 1.82) is 0 Å². The number of sulfonamides is 1. The number of nitrogens with one attached hydrogen (secondary N) is 1. The number of aliphatic imine (C=N–C) groups is 1. The predicted molar refractivity (Wildman–Crippen MR) is 116 cm³/mol. The summed E-state index contributed by atoms with van der Waals surface area (Å²) < 4.78 is 37.0. The van der Waals surface area contributed by atoms with Crippen LogP contribution in [0.15, 0.2) is 29.3 Å². The topological polar surface area (TPSA) is 83.5 Å². The Morgan fingerprint density at radius 3 is 2.38 bits per heavy atom. The van der Waals surface area contributed by atoms with Crippen molar-refractivity contribution in [3.8, 4) is 5.75 Å². The van der Waals surface area contributed by atoms with Crippen molar-refractivity contribution in [3.63, 3.8) is 0 Å². The van der Waals surface area contributed by atoms with E-state index in [1.807, 2.05) is 26.0 Å². The van der Waals surface area contributed by atoms with E-state index in [2.05, 4.69) is 27.3 Å². The molecule has 1 N–H and O–H groups in total. The summed E-state index contributed by atoms with van der Waals surface area (Å²) in [6.45, 7) is 6.95. The van der Waals surface area contributed by atoms with Gasteiger partial charge in [0.05, 0.1) is 25.6 Å². The Hall–Kier alpha value is -1.84. The van der Waals surface area contributed by atoms with Gasteiger partial charge in [-0.3, -0.25) is 4.99 Å². The number of benzene rings is 1. The fourth-order valence-electron chi connectivity index (χ4n) is 3.14. The zero-order valence-electron chi connectivity index (χ0n) is 17.9. The van der Waals surface area contributed by atoms with E-state index in [9.17, 15) is 8.42 Å². The summed E-state index contributed by atoms with van der Waals surface area (Å²) in [6.07, 6.45) is 0.905. The largest absolute Gasteiger partial charge is 0.497 e. The number of rotatable bonds is 9. The maximum Gasteiger partial charge on any atom is 0.216 e. The van der Waals surface area contributed by atoms with Gasteiger partial charge in [0.1, 0.15) is 5.75 Å². The molecular formula is C20H34N4O4S. The Morgan fingerprint density at radius 1 is 1.17 bits per heavy atom. The van der Waals surface area contributed by atoms with Crippen LogP contribution in [-0.2, 0) is 21.2 Å². The molecule has 0 atom stereocenters. The second kappa shape index (κ2) is 11.4. The minimum Gasteiger partial charge on any atom is -0.497 e. The summed E-state index contributed by atoms with van der Waals surface area (Å²) in [5.74, 6) is 1.68. The SMILES string of the molecule is CN=C(NCCc1ccc(OC)cc1)N1CCN(S(=O)(=O)CCOC(C)C)CC1. The average molecular weight is 427 g/mol. The lowest BCUT2D eigenvalue weighted by Gasteiger charge is -2.35. The van der Waals surface area contributed by atoms with Gasteiger partial charge in [-0.1, -0.05) is 12.1 Å². The first kappa shape index (κ1) is 23.4. The monoisotopic (exact) mass is 426 g/mol. The first-order valence-electron chi connectivity index (χ1n) is 10.0. The van der Waals surface area contributed by atoms with Crippen LogP contribution in [0.25, 0.3) is 0 Å². The molecule has 0 radical (unpaired) electrons. The van der Waals surface area contributed by atoms with Gasteiger partial charge >= 0.3 is 0 Å². The molecule has 0 aromatic heterocycles. The number of hydrogen-bond acceptors (Lipinski definition) is 5. The summed E-state index contributed by atoms with van der Waals surface area (Å²) in [6, 6.07) is 8.01. The van der Waals surface area contributed by atoms with Crippen LogP contribution in [0.5, 0.6) is 5.75 Å². The fraction of sp³-hybridized carbons (Fsp3) is 0.650. The van der Waals surface area contributed by atoms with Crippen molar-refractivity contribution in [2.75, 3.05) is 59.2 Å². The molecule has 1 saturated heterocycles. The van der Waals surface area contributed by atoms with Crippen LogP contribution in [-0.4, -0.2) is 88.9 Å². The molecule has 0 spiro atoms. The van der Waals surface area contributed by atoms with Gasteiger partial charge in [0, 0.05) is 39.8 Å². The van der Waals surface area contributed by atoms with Crippen LogP contribution in [0.3, 0.4) is 0 Å². The lowest BCUT2D eigenvalue weighted by Crippen LogP contribution is -2.54. The number of guanidine groups is 1. The van der Waals surface area contributed by atoms with E-state index in [-0.39, 0.29) is 18.5 Å². The molecular weight excluding hydrogens is 392 g/mol. The van der Waals surface area contributed by atoms with Gasteiger partial charge in [-0.2, -0.15) is 4.31 Å². The standard InChI is InChI=1S/C20H34N4O4S/c1-17(2)28-15-16-29(25,26)24-13-11-23(12-14-24)20(21-3)22-10-9-18-5-7-19(27-4)8-6-18/h5-8,17H,9-16H2,1-4H3,(H,21,22). The van der Waals surface area contributed by atoms with E-state index in [0.29, 0.717) is 26.2 Å².